The number of benzene rings is 12. The van der Waals surface area contributed by atoms with Gasteiger partial charge in [-0.2, -0.15) is 0 Å². The van der Waals surface area contributed by atoms with Crippen molar-refractivity contribution in [2.24, 2.45) is 0 Å². The van der Waals surface area contributed by atoms with Gasteiger partial charge in [0, 0.05) is 68.6 Å². The zero-order valence-electron chi connectivity index (χ0n) is 40.7. The lowest BCUT2D eigenvalue weighted by Crippen LogP contribution is -2.15. The average molecular weight is 985 g/mol. The normalized spacial score (nSPS) is 12.5. The van der Waals surface area contributed by atoms with Gasteiger partial charge < -0.3 is 18.6 Å². The Morgan fingerprint density at radius 3 is 1.20 bits per heavy atom. The van der Waals surface area contributed by atoms with E-state index in [4.69, 9.17) is 8.83 Å². The van der Waals surface area contributed by atoms with E-state index < -0.39 is 0 Å². The van der Waals surface area contributed by atoms with Crippen LogP contribution in [0.25, 0.3) is 117 Å². The van der Waals surface area contributed by atoms with Gasteiger partial charge in [-0.05, 0) is 81.7 Å². The highest BCUT2D eigenvalue weighted by atomic mass is 32.1. The van der Waals surface area contributed by atoms with E-state index in [2.05, 4.69) is 243 Å². The molecule has 12 aromatic carbocycles. The Labute approximate surface area is 433 Å². The molecule has 0 fully saturated rings. The molecule has 6 heteroatoms. The maximum absolute atomic E-state index is 7.06. The molecule has 0 spiro atoms. The monoisotopic (exact) mass is 984 g/mol. The lowest BCUT2D eigenvalue weighted by atomic mass is 9.83. The van der Waals surface area contributed by atoms with Gasteiger partial charge in [0.05, 0.1) is 43.5 Å². The van der Waals surface area contributed by atoms with Crippen LogP contribution in [0.1, 0.15) is 26.3 Å². The van der Waals surface area contributed by atoms with Crippen molar-refractivity contribution in [3.05, 3.63) is 218 Å². The van der Waals surface area contributed by atoms with Crippen LogP contribution in [0, 0.1) is 0 Å². The standard InChI is InChI=1S/C68H44N2O2S2/c1-68(2,3)41-36-39-32-34-50-56(69(52-24-12-20-46-42-16-4-8-28-58(42)71-64(46)52)54-26-14-22-48-44-18-6-10-30-60(44)73-66(48)54)38-57(51-35-33-40(37-41)62(39)63(50)51)70(53-25-13-21-47-43-17-5-9-29-59(43)72-65(47)53)55-27-15-23-49-45-19-7-11-31-61(45)74-67(49)55/h4-38H,1-3H3. The first-order valence-corrected chi connectivity index (χ1v) is 26.9. The van der Waals surface area contributed by atoms with Gasteiger partial charge in [-0.3, -0.25) is 0 Å². The number of furan rings is 2. The van der Waals surface area contributed by atoms with Crippen LogP contribution in [0.3, 0.4) is 0 Å². The number of thiophene rings is 2. The van der Waals surface area contributed by atoms with E-state index in [0.29, 0.717) is 0 Å². The Morgan fingerprint density at radius 2 is 0.730 bits per heavy atom. The molecule has 0 amide bonds. The van der Waals surface area contributed by atoms with E-state index in [1.807, 2.05) is 22.7 Å². The summed E-state index contributed by atoms with van der Waals surface area (Å²) in [5.74, 6) is 0. The predicted octanol–water partition coefficient (Wildman–Crippen LogP) is 21.4. The SMILES string of the molecule is CC(C)(C)c1cc2ccc3c(N(c4cccc5c4oc4ccccc45)c4cccc5c4sc4ccccc45)cc(N(c4cccc5c4oc4ccccc45)c4cccc5c4sc4ccccc45)c4ccc(c1)c2c34. The first kappa shape index (κ1) is 41.9. The molecule has 4 aromatic heterocycles. The van der Waals surface area contributed by atoms with E-state index in [1.165, 1.54) is 67.5 Å². The van der Waals surface area contributed by atoms with E-state index in [1.54, 1.807) is 0 Å². The Kier molecular flexibility index (Phi) is 8.73. The first-order valence-electron chi connectivity index (χ1n) is 25.3. The summed E-state index contributed by atoms with van der Waals surface area (Å²) in [4.78, 5) is 5.02. The summed E-state index contributed by atoms with van der Waals surface area (Å²) in [6.45, 7) is 6.94. The summed E-state index contributed by atoms with van der Waals surface area (Å²) in [6.07, 6.45) is 0. The Balaban J connectivity index is 1.11. The topological polar surface area (TPSA) is 32.8 Å². The molecule has 4 heterocycles. The molecule has 0 unspecified atom stereocenters. The van der Waals surface area contributed by atoms with Crippen LogP contribution >= 0.6 is 22.7 Å². The largest absolute Gasteiger partial charge is 0.454 e. The highest BCUT2D eigenvalue weighted by Crippen LogP contribution is 2.56. The lowest BCUT2D eigenvalue weighted by molar-refractivity contribution is 0.591. The van der Waals surface area contributed by atoms with Crippen molar-refractivity contribution in [1.82, 2.24) is 0 Å². The van der Waals surface area contributed by atoms with Crippen LogP contribution in [0.2, 0.25) is 0 Å². The molecule has 0 saturated carbocycles. The van der Waals surface area contributed by atoms with Gasteiger partial charge in [0.15, 0.2) is 11.2 Å². The van der Waals surface area contributed by atoms with Crippen molar-refractivity contribution in [2.75, 3.05) is 9.80 Å². The minimum atomic E-state index is -0.0449. The molecule has 0 aliphatic heterocycles. The van der Waals surface area contributed by atoms with Gasteiger partial charge in [0.25, 0.3) is 0 Å². The van der Waals surface area contributed by atoms with Crippen molar-refractivity contribution in [1.29, 1.82) is 0 Å². The summed E-state index contributed by atoms with van der Waals surface area (Å²) >= 11 is 3.70. The molecule has 16 rings (SSSR count). The van der Waals surface area contributed by atoms with Gasteiger partial charge in [0.1, 0.15) is 11.2 Å². The fraction of sp³-hybridized carbons (Fsp3) is 0.0588. The number of fused-ring (bicyclic) bond motifs is 12. The summed E-state index contributed by atoms with van der Waals surface area (Å²) in [6, 6.07) is 78.1. The fourth-order valence-electron chi connectivity index (χ4n) is 12.1. The molecule has 0 radical (unpaired) electrons. The van der Waals surface area contributed by atoms with Crippen molar-refractivity contribution in [3.63, 3.8) is 0 Å². The Morgan fingerprint density at radius 1 is 0.324 bits per heavy atom. The maximum Gasteiger partial charge on any atom is 0.159 e. The van der Waals surface area contributed by atoms with Gasteiger partial charge in [-0.1, -0.05) is 178 Å². The first-order chi connectivity index (χ1) is 36.3. The van der Waals surface area contributed by atoms with Crippen molar-refractivity contribution in [2.45, 2.75) is 26.2 Å². The summed E-state index contributed by atoms with van der Waals surface area (Å²) in [5.41, 5.74) is 10.9. The molecule has 0 N–H and O–H groups in total. The van der Waals surface area contributed by atoms with Crippen molar-refractivity contribution in [3.8, 4) is 0 Å². The summed E-state index contributed by atoms with van der Waals surface area (Å²) in [5, 5.41) is 16.5. The predicted molar refractivity (Wildman–Crippen MR) is 319 cm³/mol. The number of anilines is 6. The number of para-hydroxylation sites is 4. The van der Waals surface area contributed by atoms with Crippen molar-refractivity contribution < 1.29 is 8.83 Å². The minimum Gasteiger partial charge on any atom is -0.454 e. The molecule has 0 bridgehead atoms. The number of nitrogens with zero attached hydrogens (tertiary/aromatic N) is 2. The second-order valence-electron chi connectivity index (χ2n) is 20.7. The van der Waals surface area contributed by atoms with Crippen LogP contribution in [-0.4, -0.2) is 0 Å². The highest BCUT2D eigenvalue weighted by Gasteiger charge is 2.31. The molecule has 4 nitrogen and oxygen atoms in total. The third-order valence-corrected chi connectivity index (χ3v) is 17.9. The molecule has 0 saturated heterocycles. The second kappa shape index (κ2) is 15.4. The smallest absolute Gasteiger partial charge is 0.159 e. The molecule has 0 atom stereocenters. The van der Waals surface area contributed by atoms with E-state index in [-0.39, 0.29) is 5.41 Å². The highest BCUT2D eigenvalue weighted by molar-refractivity contribution is 7.26. The zero-order chi connectivity index (χ0) is 49.0. The van der Waals surface area contributed by atoms with E-state index >= 15 is 0 Å². The molecular formula is C68H44N2O2S2. The van der Waals surface area contributed by atoms with Crippen LogP contribution in [0.15, 0.2) is 221 Å². The van der Waals surface area contributed by atoms with E-state index in [0.717, 1.165) is 88.8 Å². The van der Waals surface area contributed by atoms with Gasteiger partial charge in [-0.25, -0.2) is 0 Å². The van der Waals surface area contributed by atoms with Crippen LogP contribution in [0.5, 0.6) is 0 Å². The summed E-state index contributed by atoms with van der Waals surface area (Å²) < 4.78 is 19.0. The van der Waals surface area contributed by atoms with Crippen LogP contribution in [-0.2, 0) is 5.41 Å². The van der Waals surface area contributed by atoms with Gasteiger partial charge in [0.2, 0.25) is 0 Å². The maximum atomic E-state index is 7.06. The Hall–Kier alpha value is -8.68. The van der Waals surface area contributed by atoms with Crippen LogP contribution in [0.4, 0.5) is 34.1 Å². The molecule has 0 aliphatic carbocycles. The molecule has 350 valence electrons. The molecule has 0 aliphatic rings. The molecule has 16 aromatic rings. The number of hydrogen-bond acceptors (Lipinski definition) is 6. The molecular weight excluding hydrogens is 941 g/mol. The quantitative estimate of drug-likeness (QED) is 0.155. The van der Waals surface area contributed by atoms with Gasteiger partial charge >= 0.3 is 0 Å². The number of hydrogen-bond donors (Lipinski definition) is 0. The number of rotatable bonds is 6. The average Bonchev–Trinajstić information content (AvgIpc) is 4.22. The Bertz CT molecular complexity index is 4460. The lowest BCUT2D eigenvalue weighted by Gasteiger charge is -2.33. The zero-order valence-corrected chi connectivity index (χ0v) is 42.4. The van der Waals surface area contributed by atoms with E-state index in [9.17, 15) is 0 Å². The minimum absolute atomic E-state index is 0.0449. The second-order valence-corrected chi connectivity index (χ2v) is 22.8. The summed E-state index contributed by atoms with van der Waals surface area (Å²) in [7, 11) is 0. The van der Waals surface area contributed by atoms with Gasteiger partial charge in [-0.15, -0.1) is 22.7 Å². The third kappa shape index (κ3) is 5.95. The fourth-order valence-corrected chi connectivity index (χ4v) is 14.5. The molecule has 74 heavy (non-hydrogen) atoms. The van der Waals surface area contributed by atoms with Crippen LogP contribution < -0.4 is 9.80 Å². The third-order valence-electron chi connectivity index (χ3n) is 15.5. The van der Waals surface area contributed by atoms with Crippen molar-refractivity contribution >= 4 is 173 Å².